The van der Waals surface area contributed by atoms with E-state index < -0.39 is 0 Å². The molecule has 149 valence electrons. The molecule has 0 aromatic heterocycles. The van der Waals surface area contributed by atoms with Crippen molar-refractivity contribution in [2.75, 3.05) is 26.8 Å². The predicted octanol–water partition coefficient (Wildman–Crippen LogP) is 5.78. The Bertz CT molecular complexity index is 102. The van der Waals surface area contributed by atoms with Crippen molar-refractivity contribution in [2.24, 2.45) is 11.7 Å². The Kier molecular flexibility index (Phi) is 122. The first kappa shape index (κ1) is 49.6. The minimum atomic E-state index is 0. The number of ether oxygens (including phenoxy) is 1. The molecule has 0 saturated heterocycles. The molecular formula is C19H53N2OY-. The normalized spacial score (nSPS) is 7.30. The fourth-order valence-electron chi connectivity index (χ4n) is 1.02. The van der Waals surface area contributed by atoms with Crippen LogP contribution in [0, 0.1) is 12.8 Å². The third-order valence-electron chi connectivity index (χ3n) is 1.83. The number of methoxy groups -OCH3 is 1. The Hall–Kier alpha value is 0.984. The van der Waals surface area contributed by atoms with Gasteiger partial charge in [0.05, 0.1) is 6.61 Å². The zero-order valence-electron chi connectivity index (χ0n) is 15.5. The molecule has 0 atom stereocenters. The van der Waals surface area contributed by atoms with Crippen molar-refractivity contribution >= 4 is 0 Å². The van der Waals surface area contributed by atoms with Crippen LogP contribution in [0.3, 0.4) is 0 Å². The van der Waals surface area contributed by atoms with Gasteiger partial charge in [-0.15, -0.1) is 0 Å². The Morgan fingerprint density at radius 2 is 1.39 bits per heavy atom. The maximum Gasteiger partial charge on any atom is 0.0584 e. The summed E-state index contributed by atoms with van der Waals surface area (Å²) in [5, 5.41) is 3.40. The quantitative estimate of drug-likeness (QED) is 0.410. The van der Waals surface area contributed by atoms with Crippen molar-refractivity contribution in [3.63, 3.8) is 0 Å². The van der Waals surface area contributed by atoms with Gasteiger partial charge in [-0.3, -0.25) is 0 Å². The molecule has 0 aliphatic rings. The summed E-state index contributed by atoms with van der Waals surface area (Å²) in [6, 6.07) is 0.646. The van der Waals surface area contributed by atoms with Gasteiger partial charge < -0.3 is 22.7 Å². The van der Waals surface area contributed by atoms with Crippen LogP contribution in [-0.4, -0.2) is 32.8 Å². The fourth-order valence-corrected chi connectivity index (χ4v) is 1.02. The number of hydrogen-bond acceptors (Lipinski definition) is 3. The smallest absolute Gasteiger partial charge is 0.0584 e. The summed E-state index contributed by atoms with van der Waals surface area (Å²) < 4.78 is 4.57. The second kappa shape index (κ2) is 56.8. The average molecular weight is 415 g/mol. The molecule has 23 heavy (non-hydrogen) atoms. The molecule has 0 heterocycles. The van der Waals surface area contributed by atoms with Crippen LogP contribution in [0.5, 0.6) is 0 Å². The van der Waals surface area contributed by atoms with Crippen molar-refractivity contribution in [1.29, 1.82) is 0 Å². The Labute approximate surface area is 177 Å². The van der Waals surface area contributed by atoms with Crippen LogP contribution >= 0.6 is 0 Å². The molecule has 4 heteroatoms. The maximum atomic E-state index is 5.01. The second-order valence-corrected chi connectivity index (χ2v) is 4.43. The Balaban J connectivity index is -0.0000000252. The minimum absolute atomic E-state index is 0. The summed E-state index contributed by atoms with van der Waals surface area (Å²) in [6.07, 6.45) is 2.66. The molecular weight excluding hydrogens is 361 g/mol. The third kappa shape index (κ3) is 102. The van der Waals surface area contributed by atoms with Crippen LogP contribution in [0.4, 0.5) is 0 Å². The first-order chi connectivity index (χ1) is 9.04. The van der Waals surface area contributed by atoms with E-state index in [0.717, 1.165) is 5.92 Å². The van der Waals surface area contributed by atoms with Gasteiger partial charge in [0.25, 0.3) is 0 Å². The molecule has 0 aliphatic carbocycles. The second-order valence-electron chi connectivity index (χ2n) is 4.43. The fraction of sp³-hybridized carbons (Fsp3) is 0.947. The number of nitrogens with two attached hydrogens (primary N) is 1. The summed E-state index contributed by atoms with van der Waals surface area (Å²) in [7, 11) is 1.63. The average Bonchev–Trinajstić information content (AvgIpc) is 2.41. The van der Waals surface area contributed by atoms with Gasteiger partial charge in [-0.1, -0.05) is 63.8 Å². The van der Waals surface area contributed by atoms with Crippen molar-refractivity contribution in [1.82, 2.24) is 5.32 Å². The summed E-state index contributed by atoms with van der Waals surface area (Å²) >= 11 is 0. The van der Waals surface area contributed by atoms with E-state index in [1.807, 2.05) is 13.8 Å². The molecule has 0 fully saturated rings. The van der Waals surface area contributed by atoms with E-state index in [2.05, 4.69) is 44.7 Å². The van der Waals surface area contributed by atoms with Gasteiger partial charge in [-0.2, -0.15) is 6.92 Å². The number of nitrogens with one attached hydrogen (secondary N) is 1. The van der Waals surface area contributed by atoms with E-state index in [1.54, 1.807) is 14.0 Å². The molecule has 1 radical (unpaired) electrons. The van der Waals surface area contributed by atoms with Crippen molar-refractivity contribution in [2.45, 2.75) is 89.6 Å². The van der Waals surface area contributed by atoms with Crippen molar-refractivity contribution in [3.8, 4) is 0 Å². The van der Waals surface area contributed by atoms with Gasteiger partial charge in [0.1, 0.15) is 0 Å². The molecule has 0 unspecified atom stereocenters. The summed E-state index contributed by atoms with van der Waals surface area (Å²) in [5.74, 6) is 0.856. The Morgan fingerprint density at radius 1 is 1.00 bits per heavy atom. The van der Waals surface area contributed by atoms with Gasteiger partial charge in [-0.05, 0) is 25.3 Å². The van der Waals surface area contributed by atoms with Crippen LogP contribution in [0.1, 0.15) is 83.6 Å². The molecule has 3 N–H and O–H groups in total. The first-order valence-electron chi connectivity index (χ1n) is 7.67. The van der Waals surface area contributed by atoms with Gasteiger partial charge >= 0.3 is 0 Å². The monoisotopic (exact) mass is 414 g/mol. The minimum Gasteiger partial charge on any atom is -0.383 e. The van der Waals surface area contributed by atoms with Crippen molar-refractivity contribution < 1.29 is 37.4 Å². The number of rotatable bonds is 7. The molecule has 0 spiro atoms. The van der Waals surface area contributed by atoms with Crippen LogP contribution in [-0.2, 0) is 37.4 Å². The van der Waals surface area contributed by atoms with E-state index >= 15 is 0 Å². The number of hydrogen-bond donors (Lipinski definition) is 2. The maximum absolute atomic E-state index is 5.01. The third-order valence-corrected chi connectivity index (χ3v) is 1.83. The topological polar surface area (TPSA) is 47.3 Å². The molecule has 0 saturated carbocycles. The van der Waals surface area contributed by atoms with E-state index in [9.17, 15) is 0 Å². The van der Waals surface area contributed by atoms with Gasteiger partial charge in [-0.25, -0.2) is 0 Å². The van der Waals surface area contributed by atoms with Crippen molar-refractivity contribution in [3.05, 3.63) is 6.92 Å². The molecule has 0 bridgehead atoms. The molecule has 0 rings (SSSR count). The van der Waals surface area contributed by atoms with Crippen LogP contribution in [0.2, 0.25) is 0 Å². The van der Waals surface area contributed by atoms with E-state index in [0.29, 0.717) is 19.2 Å². The zero-order valence-corrected chi connectivity index (χ0v) is 18.3. The Morgan fingerprint density at radius 3 is 1.57 bits per heavy atom. The molecule has 0 aromatic rings. The predicted molar refractivity (Wildman–Crippen MR) is 111 cm³/mol. The van der Waals surface area contributed by atoms with Crippen LogP contribution < -0.4 is 11.1 Å². The molecule has 0 aromatic carbocycles. The van der Waals surface area contributed by atoms with E-state index in [-0.39, 0.29) is 55.0 Å². The molecule has 3 nitrogen and oxygen atoms in total. The summed E-state index contributed by atoms with van der Waals surface area (Å²) in [4.78, 5) is 0. The van der Waals surface area contributed by atoms with Crippen LogP contribution in [0.25, 0.3) is 0 Å². The molecule has 0 amide bonds. The molecule has 0 aliphatic heterocycles. The van der Waals surface area contributed by atoms with E-state index in [1.165, 1.54) is 19.4 Å². The van der Waals surface area contributed by atoms with Gasteiger partial charge in [0, 0.05) is 52.4 Å². The summed E-state index contributed by atoms with van der Waals surface area (Å²) in [5.41, 5.74) is 5.01. The summed E-state index contributed by atoms with van der Waals surface area (Å²) in [6.45, 7) is 20.4. The van der Waals surface area contributed by atoms with E-state index in [4.69, 9.17) is 5.73 Å². The first-order valence-corrected chi connectivity index (χ1v) is 7.67. The van der Waals surface area contributed by atoms with Gasteiger partial charge in [0.2, 0.25) is 0 Å². The van der Waals surface area contributed by atoms with Crippen LogP contribution in [0.15, 0.2) is 0 Å². The largest absolute Gasteiger partial charge is 0.383 e. The standard InChI is InChI=1S/C9H21N.C3H9NO.C2H6.C2H5.3CH4.Y/c1-8(2)6-5-7-10-9(3)4;1-5-3-2-4;2*1-2;;;;/h8-10H,5-7H2,1-4H3;2-4H2,1H3;1-2H3;1H2,2H3;3*1H4;/q;;;-1;;;;. The zero-order chi connectivity index (χ0) is 16.1. The van der Waals surface area contributed by atoms with Gasteiger partial charge in [0.15, 0.2) is 0 Å². The SMILES string of the molecule is C.C.C.CC.CC(C)CCCNC(C)C.COCCN.[CH2-]C.[Y].